The largest absolute Gasteiger partial charge is 0.377 e. The Bertz CT molecular complexity index is 845. The van der Waals surface area contributed by atoms with Gasteiger partial charge in [0.05, 0.1) is 11.5 Å². The molecule has 25 heavy (non-hydrogen) atoms. The number of fused-ring (bicyclic) bond motifs is 1. The van der Waals surface area contributed by atoms with Crippen LogP contribution in [0.3, 0.4) is 0 Å². The van der Waals surface area contributed by atoms with E-state index in [1.54, 1.807) is 18.4 Å². The molecule has 1 aliphatic rings. The summed E-state index contributed by atoms with van der Waals surface area (Å²) in [6, 6.07) is 10.4. The van der Waals surface area contributed by atoms with Crippen LogP contribution in [0.15, 0.2) is 35.7 Å². The Labute approximate surface area is 151 Å². The lowest BCUT2D eigenvalue weighted by Gasteiger charge is -2.14. The molecule has 5 nitrogen and oxygen atoms in total. The lowest BCUT2D eigenvalue weighted by Crippen LogP contribution is -2.19. The molecule has 6 heteroatoms. The van der Waals surface area contributed by atoms with Crippen molar-refractivity contribution >= 4 is 27.4 Å². The van der Waals surface area contributed by atoms with Crippen LogP contribution < -0.4 is 5.32 Å². The van der Waals surface area contributed by atoms with Gasteiger partial charge in [-0.05, 0) is 18.4 Å². The first kappa shape index (κ1) is 16.4. The predicted molar refractivity (Wildman–Crippen MR) is 101 cm³/mol. The van der Waals surface area contributed by atoms with E-state index in [1.165, 1.54) is 11.1 Å². The first-order valence-corrected chi connectivity index (χ1v) is 9.41. The molecule has 3 aromatic rings. The van der Waals surface area contributed by atoms with Crippen molar-refractivity contribution in [1.82, 2.24) is 9.97 Å². The van der Waals surface area contributed by atoms with Crippen LogP contribution in [0.25, 0.3) is 21.3 Å². The fourth-order valence-corrected chi connectivity index (χ4v) is 4.12. The molecule has 1 atom stereocenters. The molecule has 4 rings (SSSR count). The molecule has 0 amide bonds. The van der Waals surface area contributed by atoms with Crippen molar-refractivity contribution in [2.24, 2.45) is 0 Å². The molecule has 0 spiro atoms. The molecule has 0 radical (unpaired) electrons. The number of benzene rings is 1. The summed E-state index contributed by atoms with van der Waals surface area (Å²) in [5, 5.41) is 6.73. The molecule has 2 aromatic heterocycles. The van der Waals surface area contributed by atoms with Gasteiger partial charge in [-0.1, -0.05) is 30.3 Å². The number of nitrogens with one attached hydrogen (secondary N) is 1. The monoisotopic (exact) mass is 355 g/mol. The van der Waals surface area contributed by atoms with Gasteiger partial charge in [0.1, 0.15) is 17.3 Å². The maximum absolute atomic E-state index is 5.73. The van der Waals surface area contributed by atoms with Gasteiger partial charge in [0.15, 0.2) is 5.82 Å². The van der Waals surface area contributed by atoms with Crippen molar-refractivity contribution in [3.8, 4) is 11.1 Å². The maximum Gasteiger partial charge on any atom is 0.158 e. The number of aromatic nitrogens is 2. The number of nitrogens with zero attached hydrogens (tertiary/aromatic N) is 2. The van der Waals surface area contributed by atoms with Crippen LogP contribution in [-0.4, -0.2) is 36.3 Å². The highest BCUT2D eigenvalue weighted by atomic mass is 32.1. The molecule has 1 aromatic carbocycles. The first-order valence-electron chi connectivity index (χ1n) is 8.53. The summed E-state index contributed by atoms with van der Waals surface area (Å²) >= 11 is 1.64. The van der Waals surface area contributed by atoms with E-state index in [2.05, 4.69) is 39.9 Å². The van der Waals surface area contributed by atoms with E-state index in [0.717, 1.165) is 42.0 Å². The smallest absolute Gasteiger partial charge is 0.158 e. The van der Waals surface area contributed by atoms with Crippen LogP contribution in [0, 0.1) is 0 Å². The predicted octanol–water partition coefficient (Wildman–Crippen LogP) is 4.10. The Balaban J connectivity index is 1.74. The zero-order chi connectivity index (χ0) is 17.1. The second kappa shape index (κ2) is 7.47. The van der Waals surface area contributed by atoms with E-state index in [-0.39, 0.29) is 6.10 Å². The zero-order valence-electron chi connectivity index (χ0n) is 14.2. The fourth-order valence-electron chi connectivity index (χ4n) is 3.15. The first-order chi connectivity index (χ1) is 12.3. The van der Waals surface area contributed by atoms with Crippen LogP contribution >= 0.6 is 11.3 Å². The highest BCUT2D eigenvalue weighted by molar-refractivity contribution is 7.17. The average Bonchev–Trinajstić information content (AvgIpc) is 3.30. The van der Waals surface area contributed by atoms with Gasteiger partial charge in [-0.2, -0.15) is 0 Å². The molecule has 0 aliphatic carbocycles. The van der Waals surface area contributed by atoms with Crippen molar-refractivity contribution in [3.05, 3.63) is 41.5 Å². The van der Waals surface area contributed by atoms with Gasteiger partial charge >= 0.3 is 0 Å². The van der Waals surface area contributed by atoms with Gasteiger partial charge < -0.3 is 14.8 Å². The van der Waals surface area contributed by atoms with Crippen molar-refractivity contribution in [2.75, 3.05) is 25.6 Å². The van der Waals surface area contributed by atoms with E-state index < -0.39 is 0 Å². The quantitative estimate of drug-likeness (QED) is 0.721. The summed E-state index contributed by atoms with van der Waals surface area (Å²) < 4.78 is 11.0. The number of anilines is 1. The second-order valence-corrected chi connectivity index (χ2v) is 6.99. The molecular formula is C19H21N3O2S. The lowest BCUT2D eigenvalue weighted by molar-refractivity contribution is 0.120. The summed E-state index contributed by atoms with van der Waals surface area (Å²) in [6.45, 7) is 2.03. The fraction of sp³-hybridized carbons (Fsp3) is 0.368. The highest BCUT2D eigenvalue weighted by Gasteiger charge is 2.19. The van der Waals surface area contributed by atoms with Crippen molar-refractivity contribution in [3.63, 3.8) is 0 Å². The number of rotatable bonds is 6. The van der Waals surface area contributed by atoms with E-state index in [9.17, 15) is 0 Å². The minimum Gasteiger partial charge on any atom is -0.377 e. The van der Waals surface area contributed by atoms with Gasteiger partial charge in [-0.3, -0.25) is 0 Å². The zero-order valence-corrected chi connectivity index (χ0v) is 15.0. The van der Waals surface area contributed by atoms with Crippen molar-refractivity contribution in [2.45, 2.75) is 25.6 Å². The minimum absolute atomic E-state index is 0.259. The van der Waals surface area contributed by atoms with Gasteiger partial charge in [-0.25, -0.2) is 9.97 Å². The molecular weight excluding hydrogens is 334 g/mol. The molecule has 3 heterocycles. The topological polar surface area (TPSA) is 56.3 Å². The average molecular weight is 355 g/mol. The van der Waals surface area contributed by atoms with E-state index in [0.29, 0.717) is 12.4 Å². The van der Waals surface area contributed by atoms with Crippen LogP contribution in [-0.2, 0) is 16.1 Å². The molecule has 1 unspecified atom stereocenters. The Morgan fingerprint density at radius 3 is 2.92 bits per heavy atom. The summed E-state index contributed by atoms with van der Waals surface area (Å²) in [7, 11) is 1.66. The van der Waals surface area contributed by atoms with E-state index in [4.69, 9.17) is 14.5 Å². The van der Waals surface area contributed by atoms with Gasteiger partial charge in [0.25, 0.3) is 0 Å². The number of thiophene rings is 1. The Morgan fingerprint density at radius 2 is 2.16 bits per heavy atom. The summed E-state index contributed by atoms with van der Waals surface area (Å²) in [5.41, 5.74) is 2.34. The third-order valence-electron chi connectivity index (χ3n) is 4.36. The van der Waals surface area contributed by atoms with Gasteiger partial charge in [0, 0.05) is 31.2 Å². The SMILES string of the molecule is COCc1nc(NCC2CCCO2)c2c(-c3ccccc3)csc2n1. The molecule has 1 aliphatic heterocycles. The Morgan fingerprint density at radius 1 is 1.28 bits per heavy atom. The molecule has 1 N–H and O–H groups in total. The summed E-state index contributed by atoms with van der Waals surface area (Å²) in [6.07, 6.45) is 2.49. The standard InChI is InChI=1S/C19H21N3O2S/c1-23-11-16-21-18(20-10-14-8-5-9-24-14)17-15(12-25-19(17)22-16)13-6-3-2-4-7-13/h2-4,6-7,12,14H,5,8-11H2,1H3,(H,20,21,22). The van der Waals surface area contributed by atoms with Gasteiger partial charge in [-0.15, -0.1) is 11.3 Å². The molecule has 0 saturated carbocycles. The maximum atomic E-state index is 5.73. The number of methoxy groups -OCH3 is 1. The molecule has 130 valence electrons. The van der Waals surface area contributed by atoms with Crippen molar-refractivity contribution < 1.29 is 9.47 Å². The van der Waals surface area contributed by atoms with E-state index >= 15 is 0 Å². The molecule has 0 bridgehead atoms. The van der Waals surface area contributed by atoms with Crippen LogP contribution in [0.5, 0.6) is 0 Å². The normalized spacial score (nSPS) is 17.2. The molecule has 1 fully saturated rings. The third-order valence-corrected chi connectivity index (χ3v) is 5.23. The van der Waals surface area contributed by atoms with Crippen LogP contribution in [0.4, 0.5) is 5.82 Å². The van der Waals surface area contributed by atoms with Crippen LogP contribution in [0.2, 0.25) is 0 Å². The van der Waals surface area contributed by atoms with Gasteiger partial charge in [0.2, 0.25) is 0 Å². The minimum atomic E-state index is 0.259. The van der Waals surface area contributed by atoms with E-state index in [1.807, 2.05) is 6.07 Å². The Hall–Kier alpha value is -2.02. The number of hydrogen-bond acceptors (Lipinski definition) is 6. The number of ether oxygens (including phenoxy) is 2. The third kappa shape index (κ3) is 3.51. The second-order valence-electron chi connectivity index (χ2n) is 6.13. The van der Waals surface area contributed by atoms with Crippen LogP contribution in [0.1, 0.15) is 18.7 Å². The van der Waals surface area contributed by atoms with Crippen molar-refractivity contribution in [1.29, 1.82) is 0 Å². The number of hydrogen-bond donors (Lipinski definition) is 1. The molecule has 1 saturated heterocycles. The summed E-state index contributed by atoms with van der Waals surface area (Å²) in [5.74, 6) is 1.57. The summed E-state index contributed by atoms with van der Waals surface area (Å²) in [4.78, 5) is 10.4. The highest BCUT2D eigenvalue weighted by Crippen LogP contribution is 2.37. The lowest BCUT2D eigenvalue weighted by atomic mass is 10.1. The Kier molecular flexibility index (Phi) is 4.92.